The topological polar surface area (TPSA) is 75.2 Å². The van der Waals surface area contributed by atoms with Crippen molar-refractivity contribution in [2.24, 2.45) is 11.8 Å². The van der Waals surface area contributed by atoms with Gasteiger partial charge in [0.05, 0.1) is 11.3 Å². The number of aromatic nitrogens is 2. The number of aryl methyl sites for hydroxylation is 1. The van der Waals surface area contributed by atoms with Gasteiger partial charge in [-0.3, -0.25) is 19.8 Å². The molecule has 0 aliphatic rings. The number of alkyl halides is 3. The first kappa shape index (κ1) is 29.0. The van der Waals surface area contributed by atoms with Crippen molar-refractivity contribution in [3.05, 3.63) is 52.7 Å². The maximum Gasteiger partial charge on any atom is 0.416 e. The molecule has 9 heteroatoms. The van der Waals surface area contributed by atoms with Gasteiger partial charge in [-0.25, -0.2) is 4.98 Å². The highest BCUT2D eigenvalue weighted by atomic mass is 19.4. The van der Waals surface area contributed by atoms with E-state index in [1.54, 1.807) is 31.7 Å². The number of hydrogen-bond donors (Lipinski definition) is 1. The number of rotatable bonds is 9. The summed E-state index contributed by atoms with van der Waals surface area (Å²) in [5, 5.41) is 2.71. The van der Waals surface area contributed by atoms with Gasteiger partial charge in [-0.05, 0) is 37.0 Å². The van der Waals surface area contributed by atoms with Gasteiger partial charge in [0.15, 0.2) is 0 Å². The summed E-state index contributed by atoms with van der Waals surface area (Å²) in [5.74, 6) is -0.600. The monoisotopic (exact) mass is 504 g/mol. The lowest BCUT2D eigenvalue weighted by molar-refractivity contribution is -0.137. The van der Waals surface area contributed by atoms with E-state index < -0.39 is 11.7 Å². The molecular weight excluding hydrogens is 469 g/mol. The second-order valence-electron chi connectivity index (χ2n) is 9.43. The van der Waals surface area contributed by atoms with Gasteiger partial charge in [-0.1, -0.05) is 65.8 Å². The first-order valence-corrected chi connectivity index (χ1v) is 12.1. The van der Waals surface area contributed by atoms with Crippen LogP contribution in [-0.4, -0.2) is 28.3 Å². The number of anilines is 2. The molecule has 0 saturated carbocycles. The quantitative estimate of drug-likeness (QED) is 0.417. The van der Waals surface area contributed by atoms with E-state index in [1.807, 2.05) is 33.8 Å². The Balaban J connectivity index is 2.52. The molecule has 2 aromatic rings. The molecule has 1 aromatic carbocycles. The number of hydrogen-bond acceptors (Lipinski definition) is 4. The summed E-state index contributed by atoms with van der Waals surface area (Å²) in [6, 6.07) is 5.04. The summed E-state index contributed by atoms with van der Waals surface area (Å²) in [7, 11) is 0. The molecule has 1 unspecified atom stereocenters. The largest absolute Gasteiger partial charge is 0.416 e. The number of allylic oxidation sites excluding steroid dienone is 1. The maximum absolute atomic E-state index is 13.1. The fourth-order valence-electron chi connectivity index (χ4n) is 3.46. The van der Waals surface area contributed by atoms with E-state index in [9.17, 15) is 22.8 Å². The van der Waals surface area contributed by atoms with Gasteiger partial charge in [0, 0.05) is 23.9 Å². The van der Waals surface area contributed by atoms with Crippen molar-refractivity contribution in [2.75, 3.05) is 16.8 Å². The van der Waals surface area contributed by atoms with Crippen molar-refractivity contribution in [2.45, 2.75) is 67.0 Å². The average Bonchev–Trinajstić information content (AvgIpc) is 2.80. The molecule has 0 aliphatic heterocycles. The molecule has 0 radical (unpaired) electrons. The van der Waals surface area contributed by atoms with Crippen molar-refractivity contribution in [1.29, 1.82) is 0 Å². The van der Waals surface area contributed by atoms with Gasteiger partial charge in [-0.2, -0.15) is 18.2 Å². The van der Waals surface area contributed by atoms with Gasteiger partial charge in [0.2, 0.25) is 17.8 Å². The van der Waals surface area contributed by atoms with Crippen molar-refractivity contribution in [3.63, 3.8) is 0 Å². The van der Waals surface area contributed by atoms with Gasteiger partial charge < -0.3 is 0 Å². The Morgan fingerprint density at radius 1 is 1.03 bits per heavy atom. The lowest BCUT2D eigenvalue weighted by Crippen LogP contribution is -2.36. The minimum Gasteiger partial charge on any atom is -0.296 e. The molecule has 0 fully saturated rings. The third-order valence-corrected chi connectivity index (χ3v) is 5.65. The Bertz CT molecular complexity index is 1090. The van der Waals surface area contributed by atoms with Gasteiger partial charge in [0.1, 0.15) is 5.82 Å². The van der Waals surface area contributed by atoms with Crippen molar-refractivity contribution >= 4 is 29.7 Å². The van der Waals surface area contributed by atoms with E-state index in [1.165, 1.54) is 12.1 Å². The molecule has 1 atom stereocenters. The predicted octanol–water partition coefficient (Wildman–Crippen LogP) is 6.61. The summed E-state index contributed by atoms with van der Waals surface area (Å²) in [4.78, 5) is 35.9. The van der Waals surface area contributed by atoms with Gasteiger partial charge in [-0.15, -0.1) is 0 Å². The van der Waals surface area contributed by atoms with Crippen LogP contribution in [0.2, 0.25) is 0 Å². The van der Waals surface area contributed by atoms with E-state index in [-0.39, 0.29) is 35.5 Å². The van der Waals surface area contributed by atoms with Crippen LogP contribution in [0.15, 0.2) is 30.3 Å². The molecule has 2 amide bonds. The highest BCUT2D eigenvalue weighted by Crippen LogP contribution is 2.31. The number of benzene rings is 1. The highest BCUT2D eigenvalue weighted by molar-refractivity contribution is 5.96. The number of carbonyl (C=O) groups excluding carboxylic acids is 2. The number of carbonyl (C=O) groups is 2. The second-order valence-corrected chi connectivity index (χ2v) is 9.43. The number of nitrogens with zero attached hydrogens (tertiary/aromatic N) is 3. The molecule has 0 aliphatic carbocycles. The minimum atomic E-state index is -4.39. The van der Waals surface area contributed by atoms with Crippen LogP contribution in [0.4, 0.5) is 24.9 Å². The number of amides is 2. The van der Waals surface area contributed by atoms with Crippen LogP contribution >= 0.6 is 0 Å². The zero-order chi connectivity index (χ0) is 27.2. The van der Waals surface area contributed by atoms with E-state index in [0.29, 0.717) is 35.6 Å². The smallest absolute Gasteiger partial charge is 0.296 e. The summed E-state index contributed by atoms with van der Waals surface area (Å²) in [6.07, 6.45) is -0.0643. The van der Waals surface area contributed by atoms with E-state index in [2.05, 4.69) is 15.3 Å². The zero-order valence-corrected chi connectivity index (χ0v) is 21.9. The van der Waals surface area contributed by atoms with Crippen LogP contribution in [0.1, 0.15) is 76.3 Å². The minimum absolute atomic E-state index is 0.110. The summed E-state index contributed by atoms with van der Waals surface area (Å²) >= 11 is 0. The number of nitrogens with one attached hydrogen (secondary N) is 1. The molecule has 1 N–H and O–H groups in total. The standard InChI is InChI=1S/C27H35F3N4O2/c1-8-15-34(25(36)17(4)5)23-22(19(7)31-26(32-23)33-24(35)16(2)3)14-9-18(6)20-10-12-21(13-11-20)27(28,29)30/h9-14,16-18H,8,15H2,1-7H3,(H,31,32,33,35)/b14-9+. The summed E-state index contributed by atoms with van der Waals surface area (Å²) in [5.41, 5.74) is 1.19. The molecule has 6 nitrogen and oxygen atoms in total. The van der Waals surface area contributed by atoms with Crippen LogP contribution in [-0.2, 0) is 15.8 Å². The molecular formula is C27H35F3N4O2. The third kappa shape index (κ3) is 7.38. The highest BCUT2D eigenvalue weighted by Gasteiger charge is 2.30. The normalized spacial score (nSPS) is 12.9. The molecule has 1 heterocycles. The van der Waals surface area contributed by atoms with Crippen LogP contribution in [0, 0.1) is 18.8 Å². The molecule has 2 rings (SSSR count). The molecule has 0 bridgehead atoms. The van der Waals surface area contributed by atoms with E-state index in [0.717, 1.165) is 12.1 Å². The van der Waals surface area contributed by atoms with Crippen molar-refractivity contribution < 1.29 is 22.8 Å². The molecule has 0 spiro atoms. The first-order chi connectivity index (χ1) is 16.8. The van der Waals surface area contributed by atoms with Crippen molar-refractivity contribution in [1.82, 2.24) is 9.97 Å². The fourth-order valence-corrected chi connectivity index (χ4v) is 3.46. The SMILES string of the molecule is CCCN(C(=O)C(C)C)c1nc(NC(=O)C(C)C)nc(C)c1/C=C/C(C)c1ccc(C(F)(F)F)cc1. The van der Waals surface area contributed by atoms with Gasteiger partial charge in [0.25, 0.3) is 0 Å². The fraction of sp³-hybridized carbons (Fsp3) is 0.481. The predicted molar refractivity (Wildman–Crippen MR) is 137 cm³/mol. The lowest BCUT2D eigenvalue weighted by atomic mass is 9.98. The van der Waals surface area contributed by atoms with Crippen LogP contribution in [0.5, 0.6) is 0 Å². The second kappa shape index (κ2) is 12.1. The van der Waals surface area contributed by atoms with E-state index in [4.69, 9.17) is 0 Å². The van der Waals surface area contributed by atoms with Crippen LogP contribution < -0.4 is 10.2 Å². The maximum atomic E-state index is 13.1. The van der Waals surface area contributed by atoms with Crippen LogP contribution in [0.25, 0.3) is 6.08 Å². The Hall–Kier alpha value is -3.23. The third-order valence-electron chi connectivity index (χ3n) is 5.65. The summed E-state index contributed by atoms with van der Waals surface area (Å²) < 4.78 is 38.7. The molecule has 0 saturated heterocycles. The number of halogens is 3. The van der Waals surface area contributed by atoms with Crippen molar-refractivity contribution in [3.8, 4) is 0 Å². The molecule has 1 aromatic heterocycles. The Labute approximate surface area is 211 Å². The lowest BCUT2D eigenvalue weighted by Gasteiger charge is -2.26. The summed E-state index contributed by atoms with van der Waals surface area (Å²) in [6.45, 7) is 13.2. The molecule has 36 heavy (non-hydrogen) atoms. The average molecular weight is 505 g/mol. The zero-order valence-electron chi connectivity index (χ0n) is 21.9. The van der Waals surface area contributed by atoms with Crippen LogP contribution in [0.3, 0.4) is 0 Å². The Morgan fingerprint density at radius 3 is 2.14 bits per heavy atom. The Kier molecular flexibility index (Phi) is 9.78. The molecule has 196 valence electrons. The Morgan fingerprint density at radius 2 is 1.64 bits per heavy atom. The van der Waals surface area contributed by atoms with E-state index >= 15 is 0 Å². The van der Waals surface area contributed by atoms with Gasteiger partial charge >= 0.3 is 6.18 Å². The first-order valence-electron chi connectivity index (χ1n) is 12.1.